The van der Waals surface area contributed by atoms with E-state index in [4.69, 9.17) is 6.42 Å². The van der Waals surface area contributed by atoms with Gasteiger partial charge in [0.1, 0.15) is 11.6 Å². The van der Waals surface area contributed by atoms with Gasteiger partial charge in [0, 0.05) is 19.4 Å². The number of carbonyl (C=O) groups is 1. The highest BCUT2D eigenvalue weighted by Crippen LogP contribution is 2.36. The third kappa shape index (κ3) is 2.88. The summed E-state index contributed by atoms with van der Waals surface area (Å²) in [6.45, 7) is 0. The van der Waals surface area contributed by atoms with Crippen LogP contribution in [0.4, 0.5) is 5.82 Å². The molecule has 0 saturated carbocycles. The van der Waals surface area contributed by atoms with E-state index in [1.54, 1.807) is 23.7 Å². The lowest BCUT2D eigenvalue weighted by Crippen LogP contribution is -2.33. The minimum Gasteiger partial charge on any atom is -0.508 e. The Morgan fingerprint density at radius 1 is 1.42 bits per heavy atom. The number of carbonyl (C=O) groups excluding carboxylic acids is 1. The first kappa shape index (κ1) is 16.1. The molecule has 1 atom stereocenters. The lowest BCUT2D eigenvalue weighted by molar-refractivity contribution is -0.116. The van der Waals surface area contributed by atoms with Crippen LogP contribution in [0.25, 0.3) is 0 Å². The van der Waals surface area contributed by atoms with E-state index in [1.807, 2.05) is 0 Å². The molecule has 0 bridgehead atoms. The monoisotopic (exact) mass is 341 g/mol. The largest absolute Gasteiger partial charge is 0.508 e. The average Bonchev–Trinajstić information content (AvgIpc) is 2.56. The highest BCUT2D eigenvalue weighted by atomic mass is 32.2. The van der Waals surface area contributed by atoms with E-state index >= 15 is 0 Å². The van der Waals surface area contributed by atoms with E-state index in [9.17, 15) is 14.7 Å². The summed E-state index contributed by atoms with van der Waals surface area (Å²) in [4.78, 5) is 28.8. The second kappa shape index (κ2) is 6.42. The van der Waals surface area contributed by atoms with Crippen LogP contribution in [0.1, 0.15) is 23.5 Å². The standard InChI is InChI=1S/C17H15N3O3S/c1-3-8-24-17-19-16(23)14-12(10-4-6-11(21)7-5-10)9-13(22)18-15(14)20(17)2/h1,4-7,12,21H,8-9H2,2H3,(H,18,22). The molecule has 1 unspecified atom stereocenters. The van der Waals surface area contributed by atoms with Crippen LogP contribution in [-0.2, 0) is 11.8 Å². The zero-order valence-electron chi connectivity index (χ0n) is 12.9. The van der Waals surface area contributed by atoms with E-state index in [1.165, 1.54) is 23.9 Å². The number of benzene rings is 1. The smallest absolute Gasteiger partial charge is 0.279 e. The maximum atomic E-state index is 12.6. The zero-order chi connectivity index (χ0) is 17.3. The molecule has 0 spiro atoms. The van der Waals surface area contributed by atoms with Crippen molar-refractivity contribution in [2.45, 2.75) is 17.5 Å². The van der Waals surface area contributed by atoms with E-state index in [0.29, 0.717) is 22.3 Å². The van der Waals surface area contributed by atoms with Gasteiger partial charge in [-0.05, 0) is 17.7 Å². The number of hydrogen-bond donors (Lipinski definition) is 2. The summed E-state index contributed by atoms with van der Waals surface area (Å²) >= 11 is 1.27. The average molecular weight is 341 g/mol. The molecule has 24 heavy (non-hydrogen) atoms. The number of hydrogen-bond acceptors (Lipinski definition) is 5. The van der Waals surface area contributed by atoms with Crippen molar-refractivity contribution in [3.05, 3.63) is 45.7 Å². The van der Waals surface area contributed by atoms with Crippen molar-refractivity contribution in [2.24, 2.45) is 7.05 Å². The Morgan fingerprint density at radius 2 is 2.12 bits per heavy atom. The molecule has 1 aromatic carbocycles. The predicted octanol–water partition coefficient (Wildman–Crippen LogP) is 1.69. The molecular weight excluding hydrogens is 326 g/mol. The molecule has 3 rings (SSSR count). The molecule has 6 nitrogen and oxygen atoms in total. The van der Waals surface area contributed by atoms with Gasteiger partial charge in [-0.25, -0.2) is 0 Å². The maximum absolute atomic E-state index is 12.6. The molecule has 0 radical (unpaired) electrons. The predicted molar refractivity (Wildman–Crippen MR) is 92.2 cm³/mol. The van der Waals surface area contributed by atoms with E-state index < -0.39 is 5.92 Å². The number of anilines is 1. The van der Waals surface area contributed by atoms with Crippen LogP contribution >= 0.6 is 11.8 Å². The summed E-state index contributed by atoms with van der Waals surface area (Å²) in [5, 5.41) is 12.7. The summed E-state index contributed by atoms with van der Waals surface area (Å²) < 4.78 is 1.68. The van der Waals surface area contributed by atoms with Gasteiger partial charge in [-0.1, -0.05) is 29.8 Å². The Hall–Kier alpha value is -2.72. The molecule has 0 saturated heterocycles. The van der Waals surface area contributed by atoms with Gasteiger partial charge in [-0.15, -0.1) is 6.42 Å². The van der Waals surface area contributed by atoms with Crippen LogP contribution in [0.3, 0.4) is 0 Å². The highest BCUT2D eigenvalue weighted by molar-refractivity contribution is 7.99. The van der Waals surface area contributed by atoms with Crippen molar-refractivity contribution in [3.63, 3.8) is 0 Å². The van der Waals surface area contributed by atoms with Crippen molar-refractivity contribution >= 4 is 23.5 Å². The quantitative estimate of drug-likeness (QED) is 0.504. The van der Waals surface area contributed by atoms with Gasteiger partial charge >= 0.3 is 0 Å². The van der Waals surface area contributed by atoms with Gasteiger partial charge in [0.15, 0.2) is 5.16 Å². The molecule has 2 heterocycles. The first-order valence-electron chi connectivity index (χ1n) is 7.27. The highest BCUT2D eigenvalue weighted by Gasteiger charge is 2.32. The Bertz CT molecular complexity index is 897. The van der Waals surface area contributed by atoms with Crippen LogP contribution in [0, 0.1) is 12.3 Å². The third-order valence-electron chi connectivity index (χ3n) is 3.88. The summed E-state index contributed by atoms with van der Waals surface area (Å²) in [5.74, 6) is 2.88. The fraction of sp³-hybridized carbons (Fsp3) is 0.235. The number of phenols is 1. The number of thioether (sulfide) groups is 1. The molecule has 1 amide bonds. The summed E-state index contributed by atoms with van der Waals surface area (Å²) in [7, 11) is 1.74. The topological polar surface area (TPSA) is 84.2 Å². The van der Waals surface area contributed by atoms with Gasteiger partial charge in [0.25, 0.3) is 5.56 Å². The summed E-state index contributed by atoms with van der Waals surface area (Å²) in [6, 6.07) is 6.50. The van der Waals surface area contributed by atoms with Gasteiger partial charge in [0.2, 0.25) is 5.91 Å². The molecule has 2 N–H and O–H groups in total. The van der Waals surface area contributed by atoms with Crippen molar-refractivity contribution in [1.29, 1.82) is 0 Å². The number of amides is 1. The van der Waals surface area contributed by atoms with E-state index in [2.05, 4.69) is 16.2 Å². The minimum absolute atomic E-state index is 0.131. The van der Waals surface area contributed by atoms with Crippen molar-refractivity contribution in [3.8, 4) is 18.1 Å². The molecule has 122 valence electrons. The molecule has 1 aromatic heterocycles. The van der Waals surface area contributed by atoms with Gasteiger partial charge < -0.3 is 15.0 Å². The number of nitrogens with zero attached hydrogens (tertiary/aromatic N) is 2. The number of fused-ring (bicyclic) bond motifs is 1. The lowest BCUT2D eigenvalue weighted by Gasteiger charge is -2.27. The van der Waals surface area contributed by atoms with Gasteiger partial charge in [-0.2, -0.15) is 4.98 Å². The zero-order valence-corrected chi connectivity index (χ0v) is 13.8. The normalized spacial score (nSPS) is 16.2. The van der Waals surface area contributed by atoms with Gasteiger partial charge in [0.05, 0.1) is 11.3 Å². The fourth-order valence-electron chi connectivity index (χ4n) is 2.76. The third-order valence-corrected chi connectivity index (χ3v) is 4.82. The van der Waals surface area contributed by atoms with Gasteiger partial charge in [-0.3, -0.25) is 9.59 Å². The summed E-state index contributed by atoms with van der Waals surface area (Å²) in [6.07, 6.45) is 5.42. The van der Waals surface area contributed by atoms with Crippen LogP contribution in [0.5, 0.6) is 5.75 Å². The number of phenolic OH excluding ortho intramolecular Hbond substituents is 1. The van der Waals surface area contributed by atoms with Crippen molar-refractivity contribution < 1.29 is 9.90 Å². The fourth-order valence-corrected chi connectivity index (χ4v) is 3.41. The number of terminal acetylenes is 1. The summed E-state index contributed by atoms with van der Waals surface area (Å²) in [5.41, 5.74) is 0.861. The SMILES string of the molecule is C#CCSc1nc(=O)c2c(n1C)NC(=O)CC2c1ccc(O)cc1. The number of nitrogens with one attached hydrogen (secondary N) is 1. The number of aromatic nitrogens is 2. The molecule has 1 aliphatic rings. The molecule has 7 heteroatoms. The molecule has 0 fully saturated rings. The molecular formula is C17H15N3O3S. The number of rotatable bonds is 3. The van der Waals surface area contributed by atoms with Crippen LogP contribution in [0.2, 0.25) is 0 Å². The van der Waals surface area contributed by atoms with Crippen LogP contribution < -0.4 is 10.9 Å². The Labute approximate surface area is 142 Å². The Kier molecular flexibility index (Phi) is 4.32. The molecule has 2 aromatic rings. The second-order valence-electron chi connectivity index (χ2n) is 5.41. The van der Waals surface area contributed by atoms with E-state index in [0.717, 1.165) is 5.56 Å². The Morgan fingerprint density at radius 3 is 2.79 bits per heavy atom. The number of aromatic hydroxyl groups is 1. The first-order valence-corrected chi connectivity index (χ1v) is 8.25. The molecule has 1 aliphatic heterocycles. The van der Waals surface area contributed by atoms with Crippen molar-refractivity contribution in [2.75, 3.05) is 11.1 Å². The Balaban J connectivity index is 2.14. The van der Waals surface area contributed by atoms with E-state index in [-0.39, 0.29) is 23.6 Å². The second-order valence-corrected chi connectivity index (χ2v) is 6.35. The lowest BCUT2D eigenvalue weighted by atomic mass is 9.87. The van der Waals surface area contributed by atoms with Crippen LogP contribution in [-0.4, -0.2) is 26.3 Å². The van der Waals surface area contributed by atoms with Crippen molar-refractivity contribution in [1.82, 2.24) is 9.55 Å². The maximum Gasteiger partial charge on any atom is 0.279 e. The molecule has 0 aliphatic carbocycles. The minimum atomic E-state index is -0.396. The first-order chi connectivity index (χ1) is 11.5. The van der Waals surface area contributed by atoms with Crippen LogP contribution in [0.15, 0.2) is 34.2 Å².